The van der Waals surface area contributed by atoms with Crippen LogP contribution in [-0.2, 0) is 19.1 Å². The Labute approximate surface area is 255 Å². The summed E-state index contributed by atoms with van der Waals surface area (Å²) in [5, 5.41) is 23.0. The van der Waals surface area contributed by atoms with E-state index in [1.807, 2.05) is 86.9 Å². The van der Waals surface area contributed by atoms with Gasteiger partial charge >= 0.3 is 5.97 Å². The topological polar surface area (TPSA) is 129 Å². The zero-order valence-corrected chi connectivity index (χ0v) is 25.5. The van der Waals surface area contributed by atoms with Crippen LogP contribution in [0.4, 0.5) is 0 Å². The van der Waals surface area contributed by atoms with Crippen LogP contribution in [0.5, 0.6) is 5.75 Å². The van der Waals surface area contributed by atoms with Crippen LogP contribution in [0.2, 0.25) is 0 Å². The Morgan fingerprint density at radius 1 is 1.14 bits per heavy atom. The first-order valence-electron chi connectivity index (χ1n) is 14.3. The van der Waals surface area contributed by atoms with E-state index in [2.05, 4.69) is 5.32 Å². The molecule has 0 radical (unpaired) electrons. The van der Waals surface area contributed by atoms with E-state index in [4.69, 9.17) is 14.9 Å². The molecule has 9 nitrogen and oxygen atoms in total. The number of ether oxygens (including phenoxy) is 2. The highest BCUT2D eigenvalue weighted by Gasteiger charge is 2.45. The number of methoxy groups -OCH3 is 1. The number of aliphatic hydroxyl groups excluding tert-OH is 1. The molecule has 5 atom stereocenters. The number of aliphatic hydroxyl groups is 1. The molecule has 0 spiro atoms. The highest BCUT2D eigenvalue weighted by atomic mass is 32.2. The van der Waals surface area contributed by atoms with Gasteiger partial charge in [-0.25, -0.2) is 4.79 Å². The Kier molecular flexibility index (Phi) is 8.80. The van der Waals surface area contributed by atoms with E-state index in [0.29, 0.717) is 11.5 Å². The summed E-state index contributed by atoms with van der Waals surface area (Å²) in [5.41, 5.74) is 3.69. The molecule has 2 unspecified atom stereocenters. The number of rotatable bonds is 8. The Morgan fingerprint density at radius 3 is 2.58 bits per heavy atom. The summed E-state index contributed by atoms with van der Waals surface area (Å²) in [4.78, 5) is 40.7. The molecule has 3 aliphatic rings. The van der Waals surface area contributed by atoms with Gasteiger partial charge < -0.3 is 24.8 Å². The number of hydrogen-bond donors (Lipinski definition) is 3. The summed E-state index contributed by atoms with van der Waals surface area (Å²) in [7, 11) is 1.25. The molecular formula is C33H37N3O6S. The zero-order chi connectivity index (χ0) is 30.9. The van der Waals surface area contributed by atoms with Crippen molar-refractivity contribution in [3.05, 3.63) is 77.2 Å². The quantitative estimate of drug-likeness (QED) is 0.263. The van der Waals surface area contributed by atoms with Gasteiger partial charge in [-0.3, -0.25) is 15.0 Å². The molecule has 0 bridgehead atoms. The monoisotopic (exact) mass is 603 g/mol. The number of amides is 2. The van der Waals surface area contributed by atoms with E-state index in [1.54, 1.807) is 0 Å². The number of esters is 1. The van der Waals surface area contributed by atoms with Gasteiger partial charge in [0.05, 0.1) is 24.2 Å². The summed E-state index contributed by atoms with van der Waals surface area (Å²) in [6, 6.07) is 11.9. The van der Waals surface area contributed by atoms with Crippen molar-refractivity contribution in [3.8, 4) is 16.9 Å². The van der Waals surface area contributed by atoms with Crippen LogP contribution >= 0.6 is 11.8 Å². The van der Waals surface area contributed by atoms with Crippen molar-refractivity contribution >= 4 is 35.3 Å². The van der Waals surface area contributed by atoms with Crippen LogP contribution < -0.4 is 10.1 Å². The molecule has 43 heavy (non-hydrogen) atoms. The Morgan fingerprint density at radius 2 is 1.86 bits per heavy atom. The summed E-state index contributed by atoms with van der Waals surface area (Å²) < 4.78 is 10.8. The average Bonchev–Trinajstić information content (AvgIpc) is 3.69. The molecule has 0 saturated carbocycles. The van der Waals surface area contributed by atoms with Crippen LogP contribution in [-0.4, -0.2) is 77.2 Å². The highest BCUT2D eigenvalue weighted by molar-refractivity contribution is 8.03. The first kappa shape index (κ1) is 30.6. The van der Waals surface area contributed by atoms with Crippen LogP contribution in [0.25, 0.3) is 11.1 Å². The number of carbonyl (C=O) groups excluding carboxylic acids is 3. The van der Waals surface area contributed by atoms with Crippen molar-refractivity contribution in [1.82, 2.24) is 10.2 Å². The Bertz CT molecular complexity index is 1500. The van der Waals surface area contributed by atoms with Gasteiger partial charge in [0.1, 0.15) is 24.4 Å². The molecule has 2 aromatic rings. The van der Waals surface area contributed by atoms with Gasteiger partial charge in [-0.05, 0) is 40.1 Å². The SMILES string of the molecule is COC(=O)[C@@H]1C[C@@H](O)CN1C(=O)[C@@H](NC(=O)C1SC=CC1/C=C/COc1ccc2c(c1)C(=N)c1ccccc1-2)C(C)(C)C. The van der Waals surface area contributed by atoms with Crippen LogP contribution in [0, 0.1) is 16.7 Å². The van der Waals surface area contributed by atoms with E-state index in [0.717, 1.165) is 22.3 Å². The minimum Gasteiger partial charge on any atom is -0.490 e. The van der Waals surface area contributed by atoms with Crippen LogP contribution in [0.15, 0.2) is 66.1 Å². The number of fused-ring (bicyclic) bond motifs is 3. The highest BCUT2D eigenvalue weighted by Crippen LogP contribution is 2.38. The third-order valence-electron chi connectivity index (χ3n) is 8.02. The van der Waals surface area contributed by atoms with Crippen LogP contribution in [0.3, 0.4) is 0 Å². The first-order chi connectivity index (χ1) is 20.5. The van der Waals surface area contributed by atoms with Crippen molar-refractivity contribution in [2.24, 2.45) is 11.3 Å². The number of thioether (sulfide) groups is 1. The van der Waals surface area contributed by atoms with Crippen molar-refractivity contribution in [2.45, 2.75) is 50.6 Å². The number of β-amino-alcohol motifs (C(OH)–C–C–N with tert-alkyl or cyclic N) is 1. The fraction of sp³-hybridized carbons (Fsp3) is 0.394. The summed E-state index contributed by atoms with van der Waals surface area (Å²) in [6.45, 7) is 5.85. The molecule has 3 N–H and O–H groups in total. The maximum absolute atomic E-state index is 13.6. The van der Waals surface area contributed by atoms with E-state index in [-0.39, 0.29) is 31.4 Å². The zero-order valence-electron chi connectivity index (χ0n) is 24.7. The molecule has 2 heterocycles. The molecule has 2 amide bonds. The maximum Gasteiger partial charge on any atom is 0.328 e. The number of carbonyl (C=O) groups is 3. The summed E-state index contributed by atoms with van der Waals surface area (Å²) in [5.74, 6) is -0.839. The van der Waals surface area contributed by atoms with Gasteiger partial charge in [0, 0.05) is 30.0 Å². The molecule has 2 aliphatic heterocycles. The van der Waals surface area contributed by atoms with E-state index in [1.165, 1.54) is 23.8 Å². The van der Waals surface area contributed by atoms with Gasteiger partial charge in [0.15, 0.2) is 0 Å². The normalized spacial score (nSPS) is 23.3. The molecule has 1 fully saturated rings. The van der Waals surface area contributed by atoms with Crippen molar-refractivity contribution < 1.29 is 29.0 Å². The number of allylic oxidation sites excluding steroid dienone is 2. The number of hydrogen-bond acceptors (Lipinski definition) is 8. The van der Waals surface area contributed by atoms with Crippen LogP contribution in [0.1, 0.15) is 38.3 Å². The molecule has 226 valence electrons. The van der Waals surface area contributed by atoms with E-state index >= 15 is 0 Å². The molecular weight excluding hydrogens is 566 g/mol. The number of nitrogens with one attached hydrogen (secondary N) is 2. The lowest BCUT2D eigenvalue weighted by Gasteiger charge is -2.35. The van der Waals surface area contributed by atoms with Gasteiger partial charge in [0.25, 0.3) is 0 Å². The van der Waals surface area contributed by atoms with Crippen molar-refractivity contribution in [2.75, 3.05) is 20.3 Å². The second-order valence-corrected chi connectivity index (χ2v) is 13.1. The molecule has 2 aromatic carbocycles. The predicted molar refractivity (Wildman–Crippen MR) is 166 cm³/mol. The maximum atomic E-state index is 13.6. The van der Waals surface area contributed by atoms with Gasteiger partial charge in [-0.1, -0.05) is 63.3 Å². The fourth-order valence-electron chi connectivity index (χ4n) is 5.76. The molecule has 1 aliphatic carbocycles. The van der Waals surface area contributed by atoms with E-state index < -0.39 is 40.7 Å². The van der Waals surface area contributed by atoms with Crippen molar-refractivity contribution in [3.63, 3.8) is 0 Å². The molecule has 10 heteroatoms. The first-order valence-corrected chi connectivity index (χ1v) is 15.2. The molecule has 1 saturated heterocycles. The standard InChI is InChI=1S/C33H37N3O6S/c1-33(2,3)29(31(39)36-18-20(37)16-26(36)32(40)41-4)35-30(38)28-19(13-15-43-28)8-7-14-42-21-11-12-23-22-9-5-6-10-24(22)27(34)25(23)17-21/h5-13,15,17,19-20,26,28-29,34,37H,14,16,18H2,1-4H3,(H,35,38)/b8-7+,34-27?/t19?,20-,26+,28?,29-/m1/s1. The van der Waals surface area contributed by atoms with Gasteiger partial charge in [0.2, 0.25) is 11.8 Å². The lowest BCUT2D eigenvalue weighted by atomic mass is 9.85. The third-order valence-corrected chi connectivity index (χ3v) is 9.16. The van der Waals surface area contributed by atoms with E-state index in [9.17, 15) is 19.5 Å². The largest absolute Gasteiger partial charge is 0.490 e. The third kappa shape index (κ3) is 6.26. The fourth-order valence-corrected chi connectivity index (χ4v) is 6.76. The molecule has 0 aromatic heterocycles. The minimum atomic E-state index is -0.906. The van der Waals surface area contributed by atoms with Gasteiger partial charge in [-0.2, -0.15) is 0 Å². The predicted octanol–water partition coefficient (Wildman–Crippen LogP) is 3.93. The Balaban J connectivity index is 1.21. The number of nitrogens with zero attached hydrogens (tertiary/aromatic N) is 1. The summed E-state index contributed by atoms with van der Waals surface area (Å²) >= 11 is 1.38. The lowest BCUT2D eigenvalue weighted by Crippen LogP contribution is -2.58. The second-order valence-electron chi connectivity index (χ2n) is 12.1. The number of likely N-dealkylation sites (tertiary alicyclic amines) is 1. The lowest BCUT2D eigenvalue weighted by molar-refractivity contribution is -0.153. The smallest absolute Gasteiger partial charge is 0.328 e. The van der Waals surface area contributed by atoms with Gasteiger partial charge in [-0.15, -0.1) is 11.8 Å². The average molecular weight is 604 g/mol. The molecule has 5 rings (SSSR count). The minimum absolute atomic E-state index is 0.00440. The summed E-state index contributed by atoms with van der Waals surface area (Å²) in [6.07, 6.45) is 4.99. The number of benzene rings is 2. The Hall–Kier alpha value is -3.89. The second kappa shape index (κ2) is 12.4. The van der Waals surface area contributed by atoms with Crippen molar-refractivity contribution in [1.29, 1.82) is 5.41 Å².